The Labute approximate surface area is 85.1 Å². The Kier molecular flexibility index (Phi) is 2.68. The average molecular weight is 190 g/mol. The van der Waals surface area contributed by atoms with E-state index in [1.807, 2.05) is 12.1 Å². The van der Waals surface area contributed by atoms with Crippen LogP contribution < -0.4 is 10.2 Å². The molecular formula is C11H16N3. The maximum atomic E-state index is 4.31. The molecule has 1 aliphatic rings. The summed E-state index contributed by atoms with van der Waals surface area (Å²) in [6.07, 6.45) is 1.73. The lowest BCUT2D eigenvalue weighted by atomic mass is 10.1. The summed E-state index contributed by atoms with van der Waals surface area (Å²) in [5.74, 6) is 1.06. The van der Waals surface area contributed by atoms with Crippen LogP contribution in [0.5, 0.6) is 0 Å². The second-order valence-corrected chi connectivity index (χ2v) is 3.99. The van der Waals surface area contributed by atoms with Crippen LogP contribution in [0.1, 0.15) is 13.8 Å². The Balaban J connectivity index is 2.11. The first kappa shape index (κ1) is 9.46. The van der Waals surface area contributed by atoms with Crippen LogP contribution in [0, 0.1) is 6.07 Å². The van der Waals surface area contributed by atoms with Gasteiger partial charge in [-0.05, 0) is 26.0 Å². The number of nitrogens with one attached hydrogen (secondary N) is 1. The fourth-order valence-corrected chi connectivity index (χ4v) is 2.01. The Morgan fingerprint density at radius 1 is 1.43 bits per heavy atom. The van der Waals surface area contributed by atoms with Gasteiger partial charge in [0.1, 0.15) is 5.82 Å². The third-order valence-electron chi connectivity index (χ3n) is 2.48. The molecule has 0 unspecified atom stereocenters. The molecule has 1 radical (unpaired) electrons. The summed E-state index contributed by atoms with van der Waals surface area (Å²) in [6.45, 7) is 6.47. The summed E-state index contributed by atoms with van der Waals surface area (Å²) in [5.41, 5.74) is 0. The minimum absolute atomic E-state index is 0.532. The number of hydrogen-bond acceptors (Lipinski definition) is 3. The molecule has 75 valence electrons. The number of piperazine rings is 1. The van der Waals surface area contributed by atoms with Gasteiger partial charge in [-0.2, -0.15) is 0 Å². The molecule has 1 aromatic heterocycles. The van der Waals surface area contributed by atoms with E-state index in [1.54, 1.807) is 6.20 Å². The Bertz CT molecular complexity index is 276. The van der Waals surface area contributed by atoms with Gasteiger partial charge in [0.05, 0.1) is 0 Å². The molecule has 0 aliphatic carbocycles. The fraction of sp³-hybridized carbons (Fsp3) is 0.545. The topological polar surface area (TPSA) is 28.2 Å². The van der Waals surface area contributed by atoms with Crippen LogP contribution in [0.2, 0.25) is 0 Å². The first-order chi connectivity index (χ1) is 6.75. The van der Waals surface area contributed by atoms with E-state index in [0.717, 1.165) is 18.9 Å². The van der Waals surface area contributed by atoms with Crippen molar-refractivity contribution in [3.8, 4) is 0 Å². The number of anilines is 1. The average Bonchev–Trinajstić information content (AvgIpc) is 2.18. The maximum absolute atomic E-state index is 4.31. The van der Waals surface area contributed by atoms with Gasteiger partial charge in [0, 0.05) is 37.4 Å². The number of nitrogens with zero attached hydrogens (tertiary/aromatic N) is 2. The highest BCUT2D eigenvalue weighted by Gasteiger charge is 2.21. The molecule has 0 spiro atoms. The number of pyridine rings is 1. The molecule has 2 rings (SSSR count). The molecule has 3 heteroatoms. The van der Waals surface area contributed by atoms with Crippen molar-refractivity contribution in [1.29, 1.82) is 0 Å². The van der Waals surface area contributed by atoms with Crippen molar-refractivity contribution >= 4 is 5.82 Å². The van der Waals surface area contributed by atoms with E-state index in [4.69, 9.17) is 0 Å². The predicted molar refractivity (Wildman–Crippen MR) is 57.3 cm³/mol. The second kappa shape index (κ2) is 3.96. The van der Waals surface area contributed by atoms with E-state index >= 15 is 0 Å². The normalized spacial score (nSPS) is 27.7. The van der Waals surface area contributed by atoms with Crippen molar-refractivity contribution in [1.82, 2.24) is 10.3 Å². The molecule has 14 heavy (non-hydrogen) atoms. The van der Waals surface area contributed by atoms with Crippen molar-refractivity contribution in [3.05, 3.63) is 24.4 Å². The smallest absolute Gasteiger partial charge is 0.128 e. The molecule has 1 N–H and O–H groups in total. The SMILES string of the molecule is C[C@@H]1CN(c2cc[c]cn2)C[C@H](C)N1. The van der Waals surface area contributed by atoms with E-state index in [0.29, 0.717) is 12.1 Å². The van der Waals surface area contributed by atoms with Crippen molar-refractivity contribution in [2.75, 3.05) is 18.0 Å². The van der Waals surface area contributed by atoms with E-state index < -0.39 is 0 Å². The van der Waals surface area contributed by atoms with Crippen LogP contribution in [0.4, 0.5) is 5.82 Å². The Hall–Kier alpha value is -1.09. The highest BCUT2D eigenvalue weighted by Crippen LogP contribution is 2.13. The molecule has 0 amide bonds. The third-order valence-corrected chi connectivity index (χ3v) is 2.48. The molecule has 1 aliphatic heterocycles. The number of aromatic nitrogens is 1. The van der Waals surface area contributed by atoms with Crippen LogP contribution in [0.3, 0.4) is 0 Å². The van der Waals surface area contributed by atoms with Gasteiger partial charge in [0.15, 0.2) is 0 Å². The van der Waals surface area contributed by atoms with Gasteiger partial charge in [-0.3, -0.25) is 0 Å². The van der Waals surface area contributed by atoms with E-state index in [2.05, 4.69) is 35.1 Å². The van der Waals surface area contributed by atoms with Gasteiger partial charge >= 0.3 is 0 Å². The minimum Gasteiger partial charge on any atom is -0.354 e. The first-order valence-electron chi connectivity index (χ1n) is 5.09. The van der Waals surface area contributed by atoms with Gasteiger partial charge < -0.3 is 10.2 Å². The maximum Gasteiger partial charge on any atom is 0.128 e. The number of hydrogen-bond donors (Lipinski definition) is 1. The van der Waals surface area contributed by atoms with Gasteiger partial charge in [0.25, 0.3) is 0 Å². The molecule has 2 atom stereocenters. The van der Waals surface area contributed by atoms with Gasteiger partial charge in [-0.1, -0.05) is 0 Å². The molecule has 0 aromatic carbocycles. The molecular weight excluding hydrogens is 174 g/mol. The quantitative estimate of drug-likeness (QED) is 0.718. The van der Waals surface area contributed by atoms with Gasteiger partial charge in [0.2, 0.25) is 0 Å². The Morgan fingerprint density at radius 3 is 2.71 bits per heavy atom. The summed E-state index contributed by atoms with van der Waals surface area (Å²) < 4.78 is 0. The van der Waals surface area contributed by atoms with E-state index in [1.165, 1.54) is 0 Å². The van der Waals surface area contributed by atoms with Crippen molar-refractivity contribution < 1.29 is 0 Å². The Morgan fingerprint density at radius 2 is 2.14 bits per heavy atom. The molecule has 1 fully saturated rings. The monoisotopic (exact) mass is 190 g/mol. The summed E-state index contributed by atoms with van der Waals surface area (Å²) in [5, 5.41) is 3.50. The lowest BCUT2D eigenvalue weighted by Crippen LogP contribution is -2.54. The van der Waals surface area contributed by atoms with Crippen LogP contribution in [0.25, 0.3) is 0 Å². The first-order valence-corrected chi connectivity index (χ1v) is 5.09. The molecule has 2 heterocycles. The van der Waals surface area contributed by atoms with Crippen molar-refractivity contribution in [2.45, 2.75) is 25.9 Å². The summed E-state index contributed by atoms with van der Waals surface area (Å²) >= 11 is 0. The molecule has 3 nitrogen and oxygen atoms in total. The van der Waals surface area contributed by atoms with Crippen molar-refractivity contribution in [2.24, 2.45) is 0 Å². The second-order valence-electron chi connectivity index (χ2n) is 3.99. The molecule has 1 aromatic rings. The standard InChI is InChI=1S/C11H16N3/c1-9-7-14(8-10(2)13-9)11-5-3-4-6-12-11/h3,5-6,9-10,13H,7-8H2,1-2H3/t9-,10+. The van der Waals surface area contributed by atoms with Gasteiger partial charge in [-0.15, -0.1) is 0 Å². The zero-order valence-electron chi connectivity index (χ0n) is 8.70. The molecule has 0 saturated carbocycles. The zero-order chi connectivity index (χ0) is 9.97. The van der Waals surface area contributed by atoms with Crippen LogP contribution >= 0.6 is 0 Å². The summed E-state index contributed by atoms with van der Waals surface area (Å²) in [6, 6.07) is 7.94. The summed E-state index contributed by atoms with van der Waals surface area (Å²) in [7, 11) is 0. The number of rotatable bonds is 1. The van der Waals surface area contributed by atoms with Crippen LogP contribution in [-0.2, 0) is 0 Å². The minimum atomic E-state index is 0.532. The third kappa shape index (κ3) is 2.04. The highest BCUT2D eigenvalue weighted by atomic mass is 15.2. The zero-order valence-corrected chi connectivity index (χ0v) is 8.70. The van der Waals surface area contributed by atoms with Crippen molar-refractivity contribution in [3.63, 3.8) is 0 Å². The largest absolute Gasteiger partial charge is 0.354 e. The van der Waals surface area contributed by atoms with Crippen LogP contribution in [0.15, 0.2) is 18.3 Å². The lowest BCUT2D eigenvalue weighted by Gasteiger charge is -2.36. The van der Waals surface area contributed by atoms with Gasteiger partial charge in [-0.25, -0.2) is 4.98 Å². The highest BCUT2D eigenvalue weighted by molar-refractivity contribution is 5.38. The molecule has 0 bridgehead atoms. The molecule has 1 saturated heterocycles. The van der Waals surface area contributed by atoms with E-state index in [-0.39, 0.29) is 0 Å². The fourth-order valence-electron chi connectivity index (χ4n) is 2.01. The van der Waals surface area contributed by atoms with Crippen LogP contribution in [-0.4, -0.2) is 30.2 Å². The lowest BCUT2D eigenvalue weighted by molar-refractivity contribution is 0.405. The van der Waals surface area contributed by atoms with E-state index in [9.17, 15) is 0 Å². The predicted octanol–water partition coefficient (Wildman–Crippen LogP) is 1.07. The summed E-state index contributed by atoms with van der Waals surface area (Å²) in [4.78, 5) is 6.63.